The number of cyclic esters (lactones) is 1. The number of nitrogens with zero attached hydrogens (tertiary/aromatic N) is 1. The van der Waals surface area contributed by atoms with Gasteiger partial charge >= 0.3 is 6.09 Å². The van der Waals surface area contributed by atoms with E-state index in [1.165, 1.54) is 18.4 Å². The number of hydrogen-bond donors (Lipinski definition) is 0. The second-order valence-electron chi connectivity index (χ2n) is 8.14. The van der Waals surface area contributed by atoms with Gasteiger partial charge in [0.2, 0.25) is 0 Å². The van der Waals surface area contributed by atoms with Crippen molar-refractivity contribution in [3.05, 3.63) is 82.3 Å². The Balaban J connectivity index is 1.62. The van der Waals surface area contributed by atoms with Crippen LogP contribution in [0.2, 0.25) is 0 Å². The lowest BCUT2D eigenvalue weighted by molar-refractivity contribution is -0.0637. The molecule has 2 aromatic rings. The van der Waals surface area contributed by atoms with Gasteiger partial charge in [-0.1, -0.05) is 70.5 Å². The van der Waals surface area contributed by atoms with Gasteiger partial charge in [-0.2, -0.15) is 0 Å². The average Bonchev–Trinajstić information content (AvgIpc) is 3.50. The first-order valence-corrected chi connectivity index (χ1v) is 10.7. The van der Waals surface area contributed by atoms with Crippen LogP contribution in [0, 0.1) is 5.92 Å². The zero-order valence-electron chi connectivity index (χ0n) is 16.2. The molecule has 4 heteroatoms. The van der Waals surface area contributed by atoms with Crippen LogP contribution in [0.15, 0.2) is 71.2 Å². The van der Waals surface area contributed by atoms with Crippen LogP contribution < -0.4 is 0 Å². The van der Waals surface area contributed by atoms with Gasteiger partial charge in [0.1, 0.15) is 5.60 Å². The summed E-state index contributed by atoms with van der Waals surface area (Å²) in [5.74, 6) is 0.527. The molecule has 2 fully saturated rings. The number of carbonyl (C=O) groups is 1. The highest BCUT2D eigenvalue weighted by atomic mass is 79.9. The van der Waals surface area contributed by atoms with Crippen LogP contribution in [-0.2, 0) is 10.3 Å². The van der Waals surface area contributed by atoms with Crippen molar-refractivity contribution in [3.8, 4) is 0 Å². The van der Waals surface area contributed by atoms with E-state index in [1.807, 2.05) is 30.0 Å². The van der Waals surface area contributed by atoms with Crippen molar-refractivity contribution in [1.82, 2.24) is 4.90 Å². The molecule has 0 radical (unpaired) electrons. The normalized spacial score (nSPS) is 23.2. The molecule has 1 aliphatic heterocycles. The molecule has 2 aromatic carbocycles. The number of hydrogen-bond acceptors (Lipinski definition) is 2. The summed E-state index contributed by atoms with van der Waals surface area (Å²) < 4.78 is 7.26. The van der Waals surface area contributed by atoms with Gasteiger partial charge in [0.25, 0.3) is 0 Å². The highest BCUT2D eigenvalue weighted by molar-refractivity contribution is 9.10. The number of amides is 1. The smallest absolute Gasteiger partial charge is 0.411 e. The van der Waals surface area contributed by atoms with Crippen LogP contribution in [0.4, 0.5) is 4.79 Å². The summed E-state index contributed by atoms with van der Waals surface area (Å²) in [5, 5.41) is 0. The van der Waals surface area contributed by atoms with Gasteiger partial charge in [0.15, 0.2) is 0 Å². The number of benzene rings is 2. The predicted octanol–water partition coefficient (Wildman–Crippen LogP) is 6.60. The highest BCUT2D eigenvalue weighted by Gasteiger charge is 2.47. The molecule has 146 valence electrons. The van der Waals surface area contributed by atoms with Crippen LogP contribution in [0.3, 0.4) is 0 Å². The Bertz CT molecular complexity index is 860. The third-order valence-electron chi connectivity index (χ3n) is 5.78. The molecule has 0 N–H and O–H groups in total. The first-order valence-electron chi connectivity index (χ1n) is 9.93. The molecule has 2 aliphatic rings. The predicted molar refractivity (Wildman–Crippen MR) is 115 cm³/mol. The molecule has 0 aromatic heterocycles. The molecule has 2 atom stereocenters. The van der Waals surface area contributed by atoms with Crippen LogP contribution in [0.1, 0.15) is 49.8 Å². The number of rotatable bonds is 6. The van der Waals surface area contributed by atoms with E-state index < -0.39 is 5.60 Å². The van der Waals surface area contributed by atoms with E-state index in [0.29, 0.717) is 18.9 Å². The SMILES string of the molecule is C=C(C)CC1(c2ccccc2)CCN(C(c2ccc(Br)cc2)C2CC2)C(=O)O1. The van der Waals surface area contributed by atoms with Crippen LogP contribution >= 0.6 is 15.9 Å². The van der Waals surface area contributed by atoms with E-state index in [9.17, 15) is 4.79 Å². The fourth-order valence-electron chi connectivity index (χ4n) is 4.36. The summed E-state index contributed by atoms with van der Waals surface area (Å²) in [6.45, 7) is 6.78. The Hall–Kier alpha value is -2.07. The second kappa shape index (κ2) is 7.75. The standard InChI is InChI=1S/C24H26BrNO2/c1-17(2)16-24(20-6-4-3-5-7-20)14-15-26(23(27)28-24)22(18-8-9-18)19-10-12-21(25)13-11-19/h3-7,10-13,18,22H,1,8-9,14-16H2,2H3. The maximum absolute atomic E-state index is 13.2. The Labute approximate surface area is 175 Å². The molecule has 1 amide bonds. The first kappa shape index (κ1) is 19.3. The molecule has 1 heterocycles. The Morgan fingerprint density at radius 1 is 1.21 bits per heavy atom. The topological polar surface area (TPSA) is 29.5 Å². The minimum Gasteiger partial charge on any atom is -0.437 e. The van der Waals surface area contributed by atoms with Crippen molar-refractivity contribution < 1.29 is 9.53 Å². The third kappa shape index (κ3) is 3.88. The molecule has 1 aliphatic carbocycles. The van der Waals surface area contributed by atoms with E-state index in [-0.39, 0.29) is 12.1 Å². The van der Waals surface area contributed by atoms with Gasteiger partial charge in [-0.15, -0.1) is 0 Å². The van der Waals surface area contributed by atoms with Crippen molar-refractivity contribution in [2.75, 3.05) is 6.54 Å². The summed E-state index contributed by atoms with van der Waals surface area (Å²) in [4.78, 5) is 15.2. The summed E-state index contributed by atoms with van der Waals surface area (Å²) >= 11 is 3.51. The minimum absolute atomic E-state index is 0.0965. The summed E-state index contributed by atoms with van der Waals surface area (Å²) in [5.41, 5.74) is 2.65. The van der Waals surface area contributed by atoms with E-state index >= 15 is 0 Å². The van der Waals surface area contributed by atoms with Crippen LogP contribution in [0.5, 0.6) is 0 Å². The second-order valence-corrected chi connectivity index (χ2v) is 9.06. The van der Waals surface area contributed by atoms with Gasteiger partial charge in [-0.3, -0.25) is 0 Å². The maximum Gasteiger partial charge on any atom is 0.411 e. The summed E-state index contributed by atoms with van der Waals surface area (Å²) in [6.07, 6.45) is 3.55. The lowest BCUT2D eigenvalue weighted by Crippen LogP contribution is -2.49. The van der Waals surface area contributed by atoms with Crippen molar-refractivity contribution in [1.29, 1.82) is 0 Å². The molecular weight excluding hydrogens is 414 g/mol. The molecule has 3 nitrogen and oxygen atoms in total. The first-order chi connectivity index (χ1) is 13.5. The zero-order valence-corrected chi connectivity index (χ0v) is 17.8. The Morgan fingerprint density at radius 2 is 1.89 bits per heavy atom. The van der Waals surface area contributed by atoms with Crippen LogP contribution in [0.25, 0.3) is 0 Å². The number of halogens is 1. The molecule has 0 spiro atoms. The van der Waals surface area contributed by atoms with Crippen LogP contribution in [-0.4, -0.2) is 17.5 Å². The summed E-state index contributed by atoms with van der Waals surface area (Å²) in [7, 11) is 0. The molecule has 4 rings (SSSR count). The maximum atomic E-state index is 13.2. The Morgan fingerprint density at radius 3 is 2.46 bits per heavy atom. The van der Waals surface area contributed by atoms with Crippen molar-refractivity contribution >= 4 is 22.0 Å². The van der Waals surface area contributed by atoms with Crippen molar-refractivity contribution in [2.24, 2.45) is 5.92 Å². The van der Waals surface area contributed by atoms with Gasteiger partial charge in [-0.25, -0.2) is 4.79 Å². The lowest BCUT2D eigenvalue weighted by atomic mass is 9.83. The largest absolute Gasteiger partial charge is 0.437 e. The van der Waals surface area contributed by atoms with Gasteiger partial charge in [0, 0.05) is 23.9 Å². The minimum atomic E-state index is -0.617. The fraction of sp³-hybridized carbons (Fsp3) is 0.375. The van der Waals surface area contributed by atoms with Crippen molar-refractivity contribution in [2.45, 2.75) is 44.2 Å². The zero-order chi connectivity index (χ0) is 19.7. The Kier molecular flexibility index (Phi) is 5.33. The molecule has 2 unspecified atom stereocenters. The van der Waals surface area contributed by atoms with Gasteiger partial charge < -0.3 is 9.64 Å². The fourth-order valence-corrected chi connectivity index (χ4v) is 4.62. The average molecular weight is 440 g/mol. The van der Waals surface area contributed by atoms with E-state index in [2.05, 4.69) is 58.9 Å². The molecule has 1 saturated heterocycles. The van der Waals surface area contributed by atoms with E-state index in [0.717, 1.165) is 22.0 Å². The molecular formula is C24H26BrNO2. The van der Waals surface area contributed by atoms with Gasteiger partial charge in [-0.05, 0) is 48.9 Å². The molecule has 28 heavy (non-hydrogen) atoms. The number of carbonyl (C=O) groups excluding carboxylic acids is 1. The highest BCUT2D eigenvalue weighted by Crippen LogP contribution is 2.48. The summed E-state index contributed by atoms with van der Waals surface area (Å²) in [6, 6.07) is 18.5. The van der Waals surface area contributed by atoms with Gasteiger partial charge in [0.05, 0.1) is 6.04 Å². The van der Waals surface area contributed by atoms with E-state index in [1.54, 1.807) is 0 Å². The number of ether oxygens (including phenoxy) is 1. The monoisotopic (exact) mass is 439 g/mol. The molecule has 1 saturated carbocycles. The van der Waals surface area contributed by atoms with E-state index in [4.69, 9.17) is 4.74 Å². The lowest BCUT2D eigenvalue weighted by Gasteiger charge is -2.44. The third-order valence-corrected chi connectivity index (χ3v) is 6.31. The quantitative estimate of drug-likeness (QED) is 0.474. The molecule has 0 bridgehead atoms. The van der Waals surface area contributed by atoms with Crippen molar-refractivity contribution in [3.63, 3.8) is 0 Å².